The van der Waals surface area contributed by atoms with Gasteiger partial charge in [0, 0.05) is 12.5 Å². The molecule has 0 saturated heterocycles. The maximum atomic E-state index is 11.6. The van der Waals surface area contributed by atoms with Gasteiger partial charge >= 0.3 is 0 Å². The van der Waals surface area contributed by atoms with Crippen molar-refractivity contribution in [2.45, 2.75) is 38.3 Å². The summed E-state index contributed by atoms with van der Waals surface area (Å²) in [5.41, 5.74) is 0. The molecule has 0 aromatic carbocycles. The molecular formula is C8H15N3O2S. The number of hydrogen-bond donors (Lipinski definition) is 2. The molecule has 1 aromatic rings. The lowest BCUT2D eigenvalue weighted by molar-refractivity contribution is 0.566. The van der Waals surface area contributed by atoms with E-state index in [1.54, 1.807) is 13.8 Å². The quantitative estimate of drug-likeness (QED) is 0.778. The number of H-pyrrole nitrogens is 1. The molecule has 80 valence electrons. The van der Waals surface area contributed by atoms with Gasteiger partial charge in [0.05, 0.1) is 6.20 Å². The smallest absolute Gasteiger partial charge is 0.257 e. The molecule has 14 heavy (non-hydrogen) atoms. The minimum absolute atomic E-state index is 0.117. The zero-order valence-corrected chi connectivity index (χ0v) is 9.35. The summed E-state index contributed by atoms with van der Waals surface area (Å²) in [5.74, 6) is 0.675. The first-order valence-corrected chi connectivity index (χ1v) is 6.00. The van der Waals surface area contributed by atoms with E-state index in [0.717, 1.165) is 0 Å². The van der Waals surface area contributed by atoms with Crippen molar-refractivity contribution in [2.24, 2.45) is 0 Å². The van der Waals surface area contributed by atoms with Crippen LogP contribution in [0.3, 0.4) is 0 Å². The van der Waals surface area contributed by atoms with Crippen LogP contribution >= 0.6 is 0 Å². The third-order valence-corrected chi connectivity index (χ3v) is 3.19. The average molecular weight is 217 g/mol. The highest BCUT2D eigenvalue weighted by Crippen LogP contribution is 2.06. The molecule has 0 aliphatic carbocycles. The highest BCUT2D eigenvalue weighted by Gasteiger charge is 2.17. The average Bonchev–Trinajstić information content (AvgIpc) is 2.49. The van der Waals surface area contributed by atoms with Crippen LogP contribution in [0.15, 0.2) is 11.2 Å². The topological polar surface area (TPSA) is 74.8 Å². The van der Waals surface area contributed by atoms with Crippen LogP contribution in [0, 0.1) is 0 Å². The van der Waals surface area contributed by atoms with Gasteiger partial charge in [-0.05, 0) is 13.8 Å². The third-order valence-electron chi connectivity index (χ3n) is 1.62. The second-order valence-corrected chi connectivity index (χ2v) is 5.01. The molecule has 0 aliphatic rings. The number of aromatic nitrogens is 2. The predicted octanol–water partition coefficient (Wildman–Crippen LogP) is 0.659. The van der Waals surface area contributed by atoms with Crippen LogP contribution in [-0.4, -0.2) is 24.4 Å². The van der Waals surface area contributed by atoms with Crippen molar-refractivity contribution in [3.63, 3.8) is 0 Å². The summed E-state index contributed by atoms with van der Waals surface area (Å²) in [6, 6.07) is -0.117. The molecule has 0 unspecified atom stereocenters. The van der Waals surface area contributed by atoms with E-state index in [1.165, 1.54) is 6.20 Å². The summed E-state index contributed by atoms with van der Waals surface area (Å²) >= 11 is 0. The molecular weight excluding hydrogens is 202 g/mol. The van der Waals surface area contributed by atoms with E-state index in [0.29, 0.717) is 12.2 Å². The fourth-order valence-electron chi connectivity index (χ4n) is 1.03. The van der Waals surface area contributed by atoms with E-state index in [-0.39, 0.29) is 11.1 Å². The number of nitrogens with zero attached hydrogens (tertiary/aromatic N) is 1. The van der Waals surface area contributed by atoms with Crippen LogP contribution in [0.25, 0.3) is 0 Å². The second-order valence-electron chi connectivity index (χ2n) is 3.32. The molecule has 1 aromatic heterocycles. The normalized spacial score (nSPS) is 12.3. The first kappa shape index (κ1) is 11.2. The van der Waals surface area contributed by atoms with E-state index in [2.05, 4.69) is 14.7 Å². The molecule has 0 atom stereocenters. The molecule has 6 heteroatoms. The van der Waals surface area contributed by atoms with Crippen LogP contribution < -0.4 is 4.72 Å². The Balaban J connectivity index is 2.93. The van der Waals surface area contributed by atoms with Gasteiger partial charge in [0.1, 0.15) is 5.82 Å². The first-order chi connectivity index (χ1) is 6.45. The van der Waals surface area contributed by atoms with Gasteiger partial charge in [0.2, 0.25) is 0 Å². The second kappa shape index (κ2) is 4.10. The molecule has 5 nitrogen and oxygen atoms in total. The van der Waals surface area contributed by atoms with Gasteiger partial charge < -0.3 is 4.98 Å². The highest BCUT2D eigenvalue weighted by molar-refractivity contribution is 7.89. The van der Waals surface area contributed by atoms with E-state index in [4.69, 9.17) is 0 Å². The van der Waals surface area contributed by atoms with Crippen molar-refractivity contribution in [2.75, 3.05) is 0 Å². The molecule has 0 amide bonds. The summed E-state index contributed by atoms with van der Waals surface area (Å²) in [6.45, 7) is 5.45. The van der Waals surface area contributed by atoms with Crippen molar-refractivity contribution in [1.29, 1.82) is 0 Å². The minimum atomic E-state index is -3.42. The fourth-order valence-corrected chi connectivity index (χ4v) is 2.22. The van der Waals surface area contributed by atoms with Crippen LogP contribution in [0.5, 0.6) is 0 Å². The van der Waals surface area contributed by atoms with Crippen LogP contribution in [-0.2, 0) is 16.4 Å². The van der Waals surface area contributed by atoms with Gasteiger partial charge in [-0.15, -0.1) is 0 Å². The minimum Gasteiger partial charge on any atom is -0.332 e. The SMILES string of the molecule is CCc1ncc(S(=O)(=O)NC(C)C)[nH]1. The van der Waals surface area contributed by atoms with Gasteiger partial charge in [0.25, 0.3) is 10.0 Å². The van der Waals surface area contributed by atoms with Crippen LogP contribution in [0.2, 0.25) is 0 Å². The van der Waals surface area contributed by atoms with Crippen LogP contribution in [0.1, 0.15) is 26.6 Å². The molecule has 1 rings (SSSR count). The van der Waals surface area contributed by atoms with E-state index < -0.39 is 10.0 Å². The number of sulfonamides is 1. The Kier molecular flexibility index (Phi) is 3.28. The largest absolute Gasteiger partial charge is 0.332 e. The van der Waals surface area contributed by atoms with E-state index in [1.807, 2.05) is 6.92 Å². The number of aryl methyl sites for hydroxylation is 1. The summed E-state index contributed by atoms with van der Waals surface area (Å²) in [6.07, 6.45) is 2.03. The third kappa shape index (κ3) is 2.55. The zero-order chi connectivity index (χ0) is 10.8. The molecule has 0 aliphatic heterocycles. The Morgan fingerprint density at radius 2 is 2.21 bits per heavy atom. The van der Waals surface area contributed by atoms with Crippen molar-refractivity contribution < 1.29 is 8.42 Å². The van der Waals surface area contributed by atoms with Crippen molar-refractivity contribution >= 4 is 10.0 Å². The lowest BCUT2D eigenvalue weighted by Gasteiger charge is -2.06. The fraction of sp³-hybridized carbons (Fsp3) is 0.625. The summed E-state index contributed by atoms with van der Waals surface area (Å²) < 4.78 is 25.7. The highest BCUT2D eigenvalue weighted by atomic mass is 32.2. The van der Waals surface area contributed by atoms with E-state index >= 15 is 0 Å². The standard InChI is InChI=1S/C8H15N3O2S/c1-4-7-9-5-8(10-7)14(12,13)11-6(2)3/h5-6,11H,4H2,1-3H3,(H,9,10). The molecule has 0 bridgehead atoms. The maximum Gasteiger partial charge on any atom is 0.257 e. The van der Waals surface area contributed by atoms with Gasteiger partial charge in [-0.25, -0.2) is 18.1 Å². The number of rotatable bonds is 4. The number of nitrogens with one attached hydrogen (secondary N) is 2. The maximum absolute atomic E-state index is 11.6. The molecule has 0 spiro atoms. The summed E-state index contributed by atoms with van der Waals surface area (Å²) in [7, 11) is -3.42. The Morgan fingerprint density at radius 1 is 1.57 bits per heavy atom. The number of imidazole rings is 1. The monoisotopic (exact) mass is 217 g/mol. The zero-order valence-electron chi connectivity index (χ0n) is 8.53. The first-order valence-electron chi connectivity index (χ1n) is 4.52. The number of aromatic amines is 1. The van der Waals surface area contributed by atoms with Gasteiger partial charge in [-0.3, -0.25) is 0 Å². The van der Waals surface area contributed by atoms with Gasteiger partial charge in [-0.1, -0.05) is 6.92 Å². The van der Waals surface area contributed by atoms with Gasteiger partial charge in [-0.2, -0.15) is 0 Å². The number of hydrogen-bond acceptors (Lipinski definition) is 3. The molecule has 0 radical (unpaired) electrons. The van der Waals surface area contributed by atoms with Gasteiger partial charge in [0.15, 0.2) is 5.03 Å². The summed E-state index contributed by atoms with van der Waals surface area (Å²) in [4.78, 5) is 6.68. The van der Waals surface area contributed by atoms with Crippen molar-refractivity contribution in [3.05, 3.63) is 12.0 Å². The molecule has 0 saturated carbocycles. The Hall–Kier alpha value is -0.880. The van der Waals surface area contributed by atoms with Crippen molar-refractivity contribution in [1.82, 2.24) is 14.7 Å². The lowest BCUT2D eigenvalue weighted by Crippen LogP contribution is -2.30. The van der Waals surface area contributed by atoms with Crippen LogP contribution in [0.4, 0.5) is 0 Å². The summed E-state index contributed by atoms with van der Waals surface area (Å²) in [5, 5.41) is 0.128. The lowest BCUT2D eigenvalue weighted by atomic mass is 10.4. The predicted molar refractivity (Wildman–Crippen MR) is 53.4 cm³/mol. The molecule has 1 heterocycles. The van der Waals surface area contributed by atoms with E-state index in [9.17, 15) is 8.42 Å². The Morgan fingerprint density at radius 3 is 2.64 bits per heavy atom. The molecule has 2 N–H and O–H groups in total. The Bertz CT molecular complexity index is 394. The molecule has 0 fully saturated rings. The van der Waals surface area contributed by atoms with Crippen molar-refractivity contribution in [3.8, 4) is 0 Å². The Labute approximate surface area is 84.0 Å².